The number of rotatable bonds is 7. The van der Waals surface area contributed by atoms with Gasteiger partial charge >= 0.3 is 0 Å². The quantitative estimate of drug-likeness (QED) is 0.769. The smallest absolute Gasteiger partial charge is 0.0521 e. The van der Waals surface area contributed by atoms with Gasteiger partial charge in [-0.1, -0.05) is 13.8 Å². The molecule has 1 N–H and O–H groups in total. The minimum atomic E-state index is 0.640. The van der Waals surface area contributed by atoms with Crippen molar-refractivity contribution in [3.05, 3.63) is 18.0 Å². The standard InChI is InChI=1S/C13H25N3/c1-5-16-10-12(9-15-16)7-6-8-13(14-4)11(2)3/h9-11,13-14H,5-8H2,1-4H3. The molecule has 16 heavy (non-hydrogen) atoms. The topological polar surface area (TPSA) is 29.9 Å². The molecule has 0 aliphatic heterocycles. The van der Waals surface area contributed by atoms with Crippen molar-refractivity contribution in [2.24, 2.45) is 5.92 Å². The predicted octanol–water partition coefficient (Wildman–Crippen LogP) is 2.47. The number of hydrogen-bond acceptors (Lipinski definition) is 2. The number of hydrogen-bond donors (Lipinski definition) is 1. The summed E-state index contributed by atoms with van der Waals surface area (Å²) in [5, 5.41) is 7.67. The van der Waals surface area contributed by atoms with Crippen LogP contribution in [0.4, 0.5) is 0 Å². The molecule has 1 rings (SSSR count). The van der Waals surface area contributed by atoms with Crippen molar-refractivity contribution < 1.29 is 0 Å². The van der Waals surface area contributed by atoms with Crippen LogP contribution in [0.25, 0.3) is 0 Å². The molecule has 1 aromatic heterocycles. The van der Waals surface area contributed by atoms with Crippen molar-refractivity contribution in [3.8, 4) is 0 Å². The molecular formula is C13H25N3. The van der Waals surface area contributed by atoms with Crippen LogP contribution in [0.5, 0.6) is 0 Å². The largest absolute Gasteiger partial charge is 0.317 e. The normalized spacial score (nSPS) is 13.3. The SMILES string of the molecule is CCn1cc(CCCC(NC)C(C)C)cn1. The summed E-state index contributed by atoms with van der Waals surface area (Å²) in [6.45, 7) is 7.63. The van der Waals surface area contributed by atoms with E-state index in [2.05, 4.69) is 44.4 Å². The van der Waals surface area contributed by atoms with Crippen LogP contribution in [0.3, 0.4) is 0 Å². The van der Waals surface area contributed by atoms with Gasteiger partial charge < -0.3 is 5.32 Å². The van der Waals surface area contributed by atoms with Crippen molar-refractivity contribution in [1.82, 2.24) is 15.1 Å². The minimum Gasteiger partial charge on any atom is -0.317 e. The molecule has 0 aromatic carbocycles. The molecule has 1 unspecified atom stereocenters. The summed E-state index contributed by atoms with van der Waals surface area (Å²) in [6.07, 6.45) is 7.77. The van der Waals surface area contributed by atoms with Gasteiger partial charge in [0.15, 0.2) is 0 Å². The summed E-state index contributed by atoms with van der Waals surface area (Å²) < 4.78 is 1.99. The lowest BCUT2D eigenvalue weighted by molar-refractivity contribution is 0.393. The lowest BCUT2D eigenvalue weighted by Crippen LogP contribution is -2.30. The van der Waals surface area contributed by atoms with Gasteiger partial charge in [0.1, 0.15) is 0 Å². The van der Waals surface area contributed by atoms with E-state index in [-0.39, 0.29) is 0 Å². The molecule has 0 radical (unpaired) electrons. The van der Waals surface area contributed by atoms with E-state index < -0.39 is 0 Å². The molecule has 0 aliphatic rings. The van der Waals surface area contributed by atoms with E-state index in [0.29, 0.717) is 12.0 Å². The highest BCUT2D eigenvalue weighted by molar-refractivity contribution is 5.03. The maximum Gasteiger partial charge on any atom is 0.0521 e. The first-order valence-electron chi connectivity index (χ1n) is 6.36. The molecule has 0 aliphatic carbocycles. The second kappa shape index (κ2) is 6.69. The predicted molar refractivity (Wildman–Crippen MR) is 68.5 cm³/mol. The molecule has 0 saturated heterocycles. The molecule has 92 valence electrons. The van der Waals surface area contributed by atoms with Gasteiger partial charge in [-0.2, -0.15) is 5.10 Å². The second-order valence-electron chi connectivity index (χ2n) is 4.74. The first-order valence-corrected chi connectivity index (χ1v) is 6.36. The zero-order valence-electron chi connectivity index (χ0n) is 11.0. The average molecular weight is 223 g/mol. The van der Waals surface area contributed by atoms with Crippen molar-refractivity contribution in [1.29, 1.82) is 0 Å². The van der Waals surface area contributed by atoms with Crippen LogP contribution in [0, 0.1) is 5.92 Å². The van der Waals surface area contributed by atoms with Crippen molar-refractivity contribution >= 4 is 0 Å². The molecule has 1 heterocycles. The summed E-state index contributed by atoms with van der Waals surface area (Å²) in [6, 6.07) is 0.640. The molecule has 0 saturated carbocycles. The highest BCUT2D eigenvalue weighted by atomic mass is 15.3. The second-order valence-corrected chi connectivity index (χ2v) is 4.74. The first kappa shape index (κ1) is 13.2. The Labute approximate surface area is 99.2 Å². The van der Waals surface area contributed by atoms with E-state index in [1.807, 2.05) is 10.9 Å². The Bertz CT molecular complexity index is 291. The Morgan fingerprint density at radius 2 is 2.19 bits per heavy atom. The van der Waals surface area contributed by atoms with E-state index in [0.717, 1.165) is 13.0 Å². The van der Waals surface area contributed by atoms with Gasteiger partial charge in [0.05, 0.1) is 6.20 Å². The maximum absolute atomic E-state index is 4.29. The Morgan fingerprint density at radius 1 is 1.44 bits per heavy atom. The first-order chi connectivity index (χ1) is 7.67. The highest BCUT2D eigenvalue weighted by Gasteiger charge is 2.10. The lowest BCUT2D eigenvalue weighted by Gasteiger charge is -2.19. The molecule has 0 amide bonds. The van der Waals surface area contributed by atoms with Crippen molar-refractivity contribution in [3.63, 3.8) is 0 Å². The zero-order valence-corrected chi connectivity index (χ0v) is 11.0. The molecule has 1 aromatic rings. The molecular weight excluding hydrogens is 198 g/mol. The van der Waals surface area contributed by atoms with Gasteiger partial charge in [0, 0.05) is 18.8 Å². The van der Waals surface area contributed by atoms with Crippen LogP contribution >= 0.6 is 0 Å². The van der Waals surface area contributed by atoms with Gasteiger partial charge in [-0.05, 0) is 44.7 Å². The number of nitrogens with zero attached hydrogens (tertiary/aromatic N) is 2. The van der Waals surface area contributed by atoms with Crippen LogP contribution < -0.4 is 5.32 Å². The maximum atomic E-state index is 4.29. The number of nitrogens with one attached hydrogen (secondary N) is 1. The Kier molecular flexibility index (Phi) is 5.53. The fourth-order valence-electron chi connectivity index (χ4n) is 2.05. The van der Waals surface area contributed by atoms with Crippen LogP contribution in [-0.4, -0.2) is 22.9 Å². The fourth-order valence-corrected chi connectivity index (χ4v) is 2.05. The molecule has 3 nitrogen and oxygen atoms in total. The van der Waals surface area contributed by atoms with Crippen LogP contribution in [-0.2, 0) is 13.0 Å². The summed E-state index contributed by atoms with van der Waals surface area (Å²) in [5.41, 5.74) is 1.36. The monoisotopic (exact) mass is 223 g/mol. The third-order valence-corrected chi connectivity index (χ3v) is 3.17. The van der Waals surface area contributed by atoms with Gasteiger partial charge in [0.25, 0.3) is 0 Å². The molecule has 0 spiro atoms. The van der Waals surface area contributed by atoms with Crippen LogP contribution in [0.1, 0.15) is 39.2 Å². The third kappa shape index (κ3) is 3.97. The van der Waals surface area contributed by atoms with Gasteiger partial charge in [-0.25, -0.2) is 0 Å². The van der Waals surface area contributed by atoms with Crippen molar-refractivity contribution in [2.45, 2.75) is 52.6 Å². The summed E-state index contributed by atoms with van der Waals surface area (Å²) in [4.78, 5) is 0. The van der Waals surface area contributed by atoms with E-state index in [1.54, 1.807) is 0 Å². The lowest BCUT2D eigenvalue weighted by atomic mass is 9.98. The van der Waals surface area contributed by atoms with E-state index in [4.69, 9.17) is 0 Å². The van der Waals surface area contributed by atoms with Crippen molar-refractivity contribution in [2.75, 3.05) is 7.05 Å². The zero-order chi connectivity index (χ0) is 12.0. The van der Waals surface area contributed by atoms with E-state index in [1.165, 1.54) is 18.4 Å². The number of aryl methyl sites for hydroxylation is 2. The Morgan fingerprint density at radius 3 is 2.69 bits per heavy atom. The van der Waals surface area contributed by atoms with E-state index in [9.17, 15) is 0 Å². The third-order valence-electron chi connectivity index (χ3n) is 3.17. The fraction of sp³-hybridized carbons (Fsp3) is 0.769. The Hall–Kier alpha value is -0.830. The van der Waals surface area contributed by atoms with Gasteiger partial charge in [-0.15, -0.1) is 0 Å². The summed E-state index contributed by atoms with van der Waals surface area (Å²) in [7, 11) is 2.06. The summed E-state index contributed by atoms with van der Waals surface area (Å²) in [5.74, 6) is 0.711. The van der Waals surface area contributed by atoms with Crippen LogP contribution in [0.2, 0.25) is 0 Å². The molecule has 1 atom stereocenters. The van der Waals surface area contributed by atoms with E-state index >= 15 is 0 Å². The van der Waals surface area contributed by atoms with Gasteiger partial charge in [0.2, 0.25) is 0 Å². The highest BCUT2D eigenvalue weighted by Crippen LogP contribution is 2.11. The average Bonchev–Trinajstić information content (AvgIpc) is 2.71. The molecule has 0 bridgehead atoms. The number of aromatic nitrogens is 2. The van der Waals surface area contributed by atoms with Crippen LogP contribution in [0.15, 0.2) is 12.4 Å². The Balaban J connectivity index is 2.29. The minimum absolute atomic E-state index is 0.640. The van der Waals surface area contributed by atoms with Gasteiger partial charge in [-0.3, -0.25) is 4.68 Å². The molecule has 0 fully saturated rings. The summed E-state index contributed by atoms with van der Waals surface area (Å²) >= 11 is 0. The molecule has 3 heteroatoms.